The Balaban J connectivity index is 2.06. The van der Waals surface area contributed by atoms with Crippen molar-refractivity contribution >= 4 is 5.78 Å². The molecule has 2 heteroatoms. The number of Topliss-reactive ketones (excluding diaryl/α,β-unsaturated/α-hetero) is 1. The first kappa shape index (κ1) is 13.8. The van der Waals surface area contributed by atoms with E-state index in [0.717, 1.165) is 5.56 Å². The quantitative estimate of drug-likeness (QED) is 0.838. The van der Waals surface area contributed by atoms with E-state index >= 15 is 0 Å². The van der Waals surface area contributed by atoms with Crippen molar-refractivity contribution in [1.29, 1.82) is 0 Å². The van der Waals surface area contributed by atoms with Crippen LogP contribution in [0.25, 0.3) is 0 Å². The lowest BCUT2D eigenvalue weighted by atomic mass is 9.78. The maximum atomic E-state index is 12.3. The van der Waals surface area contributed by atoms with Crippen LogP contribution in [0.15, 0.2) is 54.6 Å². The number of carbonyl (C=O) groups excluding carboxylic acids is 1. The third-order valence-electron chi connectivity index (χ3n) is 3.75. The molecule has 19 heavy (non-hydrogen) atoms. The summed E-state index contributed by atoms with van der Waals surface area (Å²) in [6, 6.07) is 9.33. The van der Waals surface area contributed by atoms with E-state index in [0.29, 0.717) is 6.42 Å². The van der Waals surface area contributed by atoms with Crippen LogP contribution in [0.5, 0.6) is 0 Å². The second kappa shape index (κ2) is 5.54. The molecule has 1 aliphatic rings. The monoisotopic (exact) mass is 256 g/mol. The van der Waals surface area contributed by atoms with Gasteiger partial charge < -0.3 is 5.11 Å². The zero-order chi connectivity index (χ0) is 13.9. The van der Waals surface area contributed by atoms with Crippen LogP contribution >= 0.6 is 0 Å². The first-order chi connectivity index (χ1) is 9.00. The minimum Gasteiger partial charge on any atom is -0.385 e. The van der Waals surface area contributed by atoms with E-state index in [4.69, 9.17) is 0 Å². The van der Waals surface area contributed by atoms with Crippen molar-refractivity contribution in [2.24, 2.45) is 11.8 Å². The minimum atomic E-state index is -0.861. The molecule has 0 fully saturated rings. The van der Waals surface area contributed by atoms with Crippen LogP contribution in [0.4, 0.5) is 0 Å². The number of ketones is 1. The smallest absolute Gasteiger partial charge is 0.165 e. The van der Waals surface area contributed by atoms with E-state index in [2.05, 4.69) is 0 Å². The average Bonchev–Trinajstić information content (AvgIpc) is 2.41. The van der Waals surface area contributed by atoms with Crippen LogP contribution in [0.1, 0.15) is 30.6 Å². The Labute approximate surface area is 114 Å². The van der Waals surface area contributed by atoms with E-state index in [1.54, 1.807) is 13.0 Å². The van der Waals surface area contributed by atoms with Crippen molar-refractivity contribution in [3.05, 3.63) is 60.2 Å². The van der Waals surface area contributed by atoms with E-state index in [9.17, 15) is 9.90 Å². The highest BCUT2D eigenvalue weighted by Crippen LogP contribution is 2.30. The number of carbonyl (C=O) groups is 1. The van der Waals surface area contributed by atoms with Crippen LogP contribution < -0.4 is 0 Å². The fourth-order valence-corrected chi connectivity index (χ4v) is 2.46. The van der Waals surface area contributed by atoms with Crippen molar-refractivity contribution < 1.29 is 9.90 Å². The molecule has 1 N–H and O–H groups in total. The minimum absolute atomic E-state index is 0.0137. The number of rotatable bonds is 4. The molecule has 0 heterocycles. The average molecular weight is 256 g/mol. The SMILES string of the molecule is CC(CC1C=CC=CC1(C)O)C(=O)c1ccccc1. The summed E-state index contributed by atoms with van der Waals surface area (Å²) in [5, 5.41) is 10.3. The number of benzene rings is 1. The molecule has 2 rings (SSSR count). The molecule has 0 aromatic heterocycles. The predicted molar refractivity (Wildman–Crippen MR) is 76.9 cm³/mol. The van der Waals surface area contributed by atoms with Gasteiger partial charge in [0.15, 0.2) is 5.78 Å². The number of allylic oxidation sites excluding steroid dienone is 2. The van der Waals surface area contributed by atoms with Crippen molar-refractivity contribution in [2.75, 3.05) is 0 Å². The molecular formula is C17H20O2. The molecule has 2 nitrogen and oxygen atoms in total. The van der Waals surface area contributed by atoms with Crippen LogP contribution in [0.2, 0.25) is 0 Å². The molecule has 0 saturated carbocycles. The molecule has 0 bridgehead atoms. The Morgan fingerprint density at radius 3 is 2.63 bits per heavy atom. The van der Waals surface area contributed by atoms with Gasteiger partial charge in [0.1, 0.15) is 0 Å². The van der Waals surface area contributed by atoms with Gasteiger partial charge in [-0.05, 0) is 13.3 Å². The summed E-state index contributed by atoms with van der Waals surface area (Å²) in [6.45, 7) is 3.72. The molecule has 0 amide bonds. The van der Waals surface area contributed by atoms with Gasteiger partial charge in [-0.25, -0.2) is 0 Å². The Morgan fingerprint density at radius 2 is 2.00 bits per heavy atom. The van der Waals surface area contributed by atoms with E-state index in [1.807, 2.05) is 55.5 Å². The van der Waals surface area contributed by atoms with Crippen molar-refractivity contribution in [2.45, 2.75) is 25.9 Å². The summed E-state index contributed by atoms with van der Waals surface area (Å²) >= 11 is 0. The Morgan fingerprint density at radius 1 is 1.32 bits per heavy atom. The zero-order valence-electron chi connectivity index (χ0n) is 11.4. The normalized spacial score (nSPS) is 27.2. The van der Waals surface area contributed by atoms with Gasteiger partial charge in [0, 0.05) is 17.4 Å². The van der Waals surface area contributed by atoms with Crippen LogP contribution in [-0.2, 0) is 0 Å². The molecule has 0 radical (unpaired) electrons. The zero-order valence-corrected chi connectivity index (χ0v) is 11.4. The standard InChI is InChI=1S/C17H20O2/c1-13(16(18)14-8-4-3-5-9-14)12-15-10-6-7-11-17(15,2)19/h3-11,13,15,19H,12H2,1-2H3. The summed E-state index contributed by atoms with van der Waals surface area (Å²) in [5.41, 5.74) is -0.120. The highest BCUT2D eigenvalue weighted by Gasteiger charge is 2.31. The topological polar surface area (TPSA) is 37.3 Å². The Kier molecular flexibility index (Phi) is 4.01. The fourth-order valence-electron chi connectivity index (χ4n) is 2.46. The summed E-state index contributed by atoms with van der Waals surface area (Å²) in [6.07, 6.45) is 8.20. The van der Waals surface area contributed by atoms with Gasteiger partial charge in [-0.15, -0.1) is 0 Å². The molecular weight excluding hydrogens is 236 g/mol. The van der Waals surface area contributed by atoms with Gasteiger partial charge in [-0.1, -0.05) is 61.6 Å². The first-order valence-corrected chi connectivity index (χ1v) is 6.68. The number of aliphatic hydroxyl groups is 1. The summed E-state index contributed by atoms with van der Waals surface area (Å²) < 4.78 is 0. The van der Waals surface area contributed by atoms with E-state index in [-0.39, 0.29) is 17.6 Å². The summed E-state index contributed by atoms with van der Waals surface area (Å²) in [4.78, 5) is 12.3. The molecule has 0 aliphatic heterocycles. The molecule has 3 unspecified atom stereocenters. The summed E-state index contributed by atoms with van der Waals surface area (Å²) in [7, 11) is 0. The third kappa shape index (κ3) is 3.21. The molecule has 1 aromatic carbocycles. The van der Waals surface area contributed by atoms with Crippen LogP contribution in [-0.4, -0.2) is 16.5 Å². The second-order valence-electron chi connectivity index (χ2n) is 5.44. The molecule has 1 aliphatic carbocycles. The maximum Gasteiger partial charge on any atom is 0.165 e. The Hall–Kier alpha value is -1.67. The van der Waals surface area contributed by atoms with E-state index < -0.39 is 5.60 Å². The van der Waals surface area contributed by atoms with E-state index in [1.165, 1.54) is 0 Å². The summed E-state index contributed by atoms with van der Waals surface area (Å²) in [5.74, 6) is 0.0227. The molecule has 0 saturated heterocycles. The first-order valence-electron chi connectivity index (χ1n) is 6.68. The maximum absolute atomic E-state index is 12.3. The van der Waals surface area contributed by atoms with Gasteiger partial charge >= 0.3 is 0 Å². The number of hydrogen-bond donors (Lipinski definition) is 1. The van der Waals surface area contributed by atoms with Crippen molar-refractivity contribution in [3.8, 4) is 0 Å². The van der Waals surface area contributed by atoms with Crippen molar-refractivity contribution in [1.82, 2.24) is 0 Å². The van der Waals surface area contributed by atoms with Gasteiger partial charge in [0.25, 0.3) is 0 Å². The molecule has 1 aromatic rings. The van der Waals surface area contributed by atoms with Gasteiger partial charge in [0.05, 0.1) is 5.60 Å². The third-order valence-corrected chi connectivity index (χ3v) is 3.75. The lowest BCUT2D eigenvalue weighted by Crippen LogP contribution is -2.34. The highest BCUT2D eigenvalue weighted by atomic mass is 16.3. The Bertz CT molecular complexity index is 497. The predicted octanol–water partition coefficient (Wildman–Crippen LogP) is 3.39. The van der Waals surface area contributed by atoms with Crippen LogP contribution in [0, 0.1) is 11.8 Å². The van der Waals surface area contributed by atoms with Gasteiger partial charge in [-0.3, -0.25) is 4.79 Å². The lowest BCUT2D eigenvalue weighted by Gasteiger charge is -2.31. The molecule has 100 valence electrons. The number of hydrogen-bond acceptors (Lipinski definition) is 2. The largest absolute Gasteiger partial charge is 0.385 e. The second-order valence-corrected chi connectivity index (χ2v) is 5.44. The fraction of sp³-hybridized carbons (Fsp3) is 0.353. The van der Waals surface area contributed by atoms with Gasteiger partial charge in [0.2, 0.25) is 0 Å². The highest BCUT2D eigenvalue weighted by molar-refractivity contribution is 5.97. The van der Waals surface area contributed by atoms with Gasteiger partial charge in [-0.2, -0.15) is 0 Å². The van der Waals surface area contributed by atoms with Crippen molar-refractivity contribution in [3.63, 3.8) is 0 Å². The molecule has 3 atom stereocenters. The molecule has 0 spiro atoms. The van der Waals surface area contributed by atoms with Crippen LogP contribution in [0.3, 0.4) is 0 Å². The lowest BCUT2D eigenvalue weighted by molar-refractivity contribution is 0.0533.